The summed E-state index contributed by atoms with van der Waals surface area (Å²) in [6.45, 7) is 6.96. The van der Waals surface area contributed by atoms with Gasteiger partial charge in [0.2, 0.25) is 0 Å². The van der Waals surface area contributed by atoms with Crippen LogP contribution in [0.5, 0.6) is 0 Å². The Labute approximate surface area is 157 Å². The van der Waals surface area contributed by atoms with E-state index in [1.165, 1.54) is 10.8 Å². The van der Waals surface area contributed by atoms with Crippen LogP contribution in [0, 0.1) is 0 Å². The molecule has 0 saturated heterocycles. The molecule has 1 nitrogen and oxygen atoms in total. The molecule has 3 rings (SSSR count). The van der Waals surface area contributed by atoms with Crippen LogP contribution in [-0.4, -0.2) is 13.2 Å². The Morgan fingerprint density at radius 3 is 1.46 bits per heavy atom. The Morgan fingerprint density at radius 1 is 0.692 bits per heavy atom. The van der Waals surface area contributed by atoms with Crippen LogP contribution < -0.4 is 0 Å². The van der Waals surface area contributed by atoms with Crippen molar-refractivity contribution in [3.05, 3.63) is 114 Å². The van der Waals surface area contributed by atoms with E-state index in [0.717, 1.165) is 11.1 Å². The lowest BCUT2D eigenvalue weighted by molar-refractivity contribution is 0.135. The molecule has 2 heteroatoms. The Bertz CT molecular complexity index is 823. The summed E-state index contributed by atoms with van der Waals surface area (Å²) in [6.07, 6.45) is 2.08. The van der Waals surface area contributed by atoms with Gasteiger partial charge in [-0.15, -0.1) is 0 Å². The van der Waals surface area contributed by atoms with Gasteiger partial charge in [-0.1, -0.05) is 116 Å². The molecule has 0 saturated carbocycles. The third-order valence-electron chi connectivity index (χ3n) is 4.67. The van der Waals surface area contributed by atoms with Gasteiger partial charge in [0.15, 0.2) is 0 Å². The second-order valence-corrected chi connectivity index (χ2v) is 12.7. The molecule has 0 amide bonds. The highest BCUT2D eigenvalue weighted by Gasteiger charge is 2.32. The third kappa shape index (κ3) is 3.87. The van der Waals surface area contributed by atoms with Crippen LogP contribution in [0.1, 0.15) is 16.7 Å². The summed E-state index contributed by atoms with van der Waals surface area (Å²) in [4.78, 5) is 0. The minimum absolute atomic E-state index is 0.887. The normalized spacial score (nSPS) is 12.8. The fraction of sp³-hybridized carbons (Fsp3) is 0.167. The molecule has 0 radical (unpaired) electrons. The molecule has 0 fully saturated rings. The van der Waals surface area contributed by atoms with Crippen molar-refractivity contribution >= 4 is 13.3 Å². The topological polar surface area (TPSA) is 20.2 Å². The molecular weight excluding hydrogens is 332 g/mol. The van der Waals surface area contributed by atoms with Crippen molar-refractivity contribution in [1.29, 1.82) is 0 Å². The van der Waals surface area contributed by atoms with Crippen LogP contribution >= 0.6 is 0 Å². The summed E-state index contributed by atoms with van der Waals surface area (Å²) in [6, 6.07) is 30.3. The highest BCUT2D eigenvalue weighted by molar-refractivity contribution is 6.93. The number of benzene rings is 3. The summed E-state index contributed by atoms with van der Waals surface area (Å²) in [5, 5.41) is 13.2. The highest BCUT2D eigenvalue weighted by atomic mass is 28.3. The number of aliphatic hydroxyl groups is 1. The maximum Gasteiger partial charge on any atom is 0.133 e. The molecule has 0 aromatic heterocycles. The first-order chi connectivity index (χ1) is 12.4. The largest absolute Gasteiger partial charge is 0.377 e. The molecule has 0 aliphatic heterocycles. The molecule has 0 aliphatic carbocycles. The monoisotopic (exact) mass is 358 g/mol. The van der Waals surface area contributed by atoms with E-state index >= 15 is 0 Å². The zero-order chi connectivity index (χ0) is 18.6. The Kier molecular flexibility index (Phi) is 5.26. The molecule has 132 valence electrons. The molecular formula is C24H26OSi. The fourth-order valence-corrected chi connectivity index (χ4v) is 4.95. The molecule has 0 unspecified atom stereocenters. The van der Waals surface area contributed by atoms with Gasteiger partial charge in [-0.25, -0.2) is 0 Å². The SMILES string of the molecule is C[Si](C)(C)/C(=C\C(O)(c1ccccc1)c1ccccc1)c1ccccc1. The van der Waals surface area contributed by atoms with E-state index in [1.807, 2.05) is 66.7 Å². The lowest BCUT2D eigenvalue weighted by atomic mass is 9.85. The van der Waals surface area contributed by atoms with E-state index in [9.17, 15) is 5.11 Å². The van der Waals surface area contributed by atoms with Gasteiger partial charge in [-0.05, 0) is 22.8 Å². The van der Waals surface area contributed by atoms with Crippen molar-refractivity contribution < 1.29 is 5.11 Å². The van der Waals surface area contributed by atoms with E-state index < -0.39 is 13.7 Å². The van der Waals surface area contributed by atoms with E-state index in [2.05, 4.69) is 50.0 Å². The van der Waals surface area contributed by atoms with Gasteiger partial charge >= 0.3 is 0 Å². The molecule has 0 heterocycles. The zero-order valence-corrected chi connectivity index (χ0v) is 16.7. The summed E-state index contributed by atoms with van der Waals surface area (Å²) in [7, 11) is -1.70. The lowest BCUT2D eigenvalue weighted by Gasteiger charge is -2.31. The Morgan fingerprint density at radius 2 is 1.08 bits per heavy atom. The van der Waals surface area contributed by atoms with Gasteiger partial charge in [0.05, 0.1) is 8.07 Å². The minimum Gasteiger partial charge on any atom is -0.377 e. The summed E-state index contributed by atoms with van der Waals surface area (Å²) >= 11 is 0. The Hall–Kier alpha value is -2.42. The number of rotatable bonds is 5. The maximum atomic E-state index is 11.9. The molecule has 0 aliphatic rings. The first-order valence-electron chi connectivity index (χ1n) is 9.03. The maximum absolute atomic E-state index is 11.9. The van der Waals surface area contributed by atoms with Crippen LogP contribution in [0.3, 0.4) is 0 Å². The second-order valence-electron chi connectivity index (χ2n) is 7.67. The van der Waals surface area contributed by atoms with Gasteiger partial charge in [-0.3, -0.25) is 0 Å². The predicted molar refractivity (Wildman–Crippen MR) is 114 cm³/mol. The van der Waals surface area contributed by atoms with Crippen LogP contribution in [-0.2, 0) is 5.60 Å². The minimum atomic E-state index is -1.70. The first-order valence-corrected chi connectivity index (χ1v) is 12.5. The molecule has 0 spiro atoms. The van der Waals surface area contributed by atoms with E-state index in [4.69, 9.17) is 0 Å². The first kappa shape index (κ1) is 18.4. The van der Waals surface area contributed by atoms with Gasteiger partial charge in [0.1, 0.15) is 5.60 Å². The van der Waals surface area contributed by atoms with Gasteiger partial charge < -0.3 is 5.11 Å². The second kappa shape index (κ2) is 7.44. The van der Waals surface area contributed by atoms with E-state index in [0.29, 0.717) is 0 Å². The average molecular weight is 359 g/mol. The van der Waals surface area contributed by atoms with Crippen LogP contribution in [0.15, 0.2) is 97.1 Å². The summed E-state index contributed by atoms with van der Waals surface area (Å²) in [5.74, 6) is 0. The van der Waals surface area contributed by atoms with Crippen molar-refractivity contribution in [2.45, 2.75) is 25.2 Å². The van der Waals surface area contributed by atoms with Crippen molar-refractivity contribution in [3.63, 3.8) is 0 Å². The molecule has 1 N–H and O–H groups in total. The highest BCUT2D eigenvalue weighted by Crippen LogP contribution is 2.37. The lowest BCUT2D eigenvalue weighted by Crippen LogP contribution is -2.30. The van der Waals surface area contributed by atoms with Gasteiger partial charge in [0.25, 0.3) is 0 Å². The van der Waals surface area contributed by atoms with Crippen molar-refractivity contribution in [2.24, 2.45) is 0 Å². The predicted octanol–water partition coefficient (Wildman–Crippen LogP) is 5.88. The molecule has 0 bridgehead atoms. The van der Waals surface area contributed by atoms with Gasteiger partial charge in [-0.2, -0.15) is 0 Å². The quantitative estimate of drug-likeness (QED) is 0.564. The average Bonchev–Trinajstić information content (AvgIpc) is 2.67. The zero-order valence-electron chi connectivity index (χ0n) is 15.7. The Balaban J connectivity index is 2.26. The summed E-state index contributed by atoms with van der Waals surface area (Å²) in [5.41, 5.74) is 1.81. The van der Waals surface area contributed by atoms with E-state index in [1.54, 1.807) is 0 Å². The summed E-state index contributed by atoms with van der Waals surface area (Å²) < 4.78 is 0. The molecule has 3 aromatic carbocycles. The fourth-order valence-electron chi connectivity index (χ4n) is 3.28. The van der Waals surface area contributed by atoms with Crippen molar-refractivity contribution in [1.82, 2.24) is 0 Å². The number of hydrogen-bond donors (Lipinski definition) is 1. The molecule has 26 heavy (non-hydrogen) atoms. The third-order valence-corrected chi connectivity index (χ3v) is 6.72. The van der Waals surface area contributed by atoms with Crippen molar-refractivity contribution in [2.75, 3.05) is 0 Å². The van der Waals surface area contributed by atoms with Gasteiger partial charge in [0, 0.05) is 0 Å². The number of hydrogen-bond acceptors (Lipinski definition) is 1. The smallest absolute Gasteiger partial charge is 0.133 e. The molecule has 3 aromatic rings. The van der Waals surface area contributed by atoms with Crippen LogP contribution in [0.2, 0.25) is 19.6 Å². The van der Waals surface area contributed by atoms with Crippen LogP contribution in [0.4, 0.5) is 0 Å². The standard InChI is InChI=1S/C24H26OSi/c1-26(2,3)23(20-13-7-4-8-14-20)19-24(25,21-15-9-5-10-16-21)22-17-11-6-12-18-22/h4-19,25H,1-3H3/b23-19-. The van der Waals surface area contributed by atoms with Crippen molar-refractivity contribution in [3.8, 4) is 0 Å². The van der Waals surface area contributed by atoms with Crippen LogP contribution in [0.25, 0.3) is 5.20 Å². The molecule has 0 atom stereocenters. The van der Waals surface area contributed by atoms with E-state index in [-0.39, 0.29) is 0 Å².